The average molecular weight is 353 g/mol. The summed E-state index contributed by atoms with van der Waals surface area (Å²) in [5, 5.41) is 3.94. The maximum Gasteiger partial charge on any atom is 0.276 e. The summed E-state index contributed by atoms with van der Waals surface area (Å²) < 4.78 is 25.0. The summed E-state index contributed by atoms with van der Waals surface area (Å²) in [6.45, 7) is 1.75. The first-order chi connectivity index (χ1) is 9.49. The smallest absolute Gasteiger partial charge is 0.200 e. The van der Waals surface area contributed by atoms with Crippen molar-refractivity contribution in [3.8, 4) is 0 Å². The molecule has 1 N–H and O–H groups in total. The summed E-state index contributed by atoms with van der Waals surface area (Å²) in [5.41, 5.74) is 1.45. The maximum absolute atomic E-state index is 12.0. The minimum absolute atomic E-state index is 0.187. The van der Waals surface area contributed by atoms with E-state index in [0.29, 0.717) is 5.71 Å². The van der Waals surface area contributed by atoms with E-state index >= 15 is 0 Å². The molecule has 0 aromatic heterocycles. The van der Waals surface area contributed by atoms with Gasteiger partial charge in [0.1, 0.15) is 0 Å². The molecule has 0 atom stereocenters. The van der Waals surface area contributed by atoms with Gasteiger partial charge in [-0.1, -0.05) is 46.3 Å². The molecule has 2 aromatic rings. The van der Waals surface area contributed by atoms with Gasteiger partial charge in [0.25, 0.3) is 10.0 Å². The van der Waals surface area contributed by atoms with E-state index in [4.69, 9.17) is 0 Å². The molecule has 0 aliphatic carbocycles. The second-order valence-corrected chi connectivity index (χ2v) is 6.69. The summed E-state index contributed by atoms with van der Waals surface area (Å²) in [6, 6.07) is 15.6. The molecule has 0 radical (unpaired) electrons. The number of benzene rings is 2. The van der Waals surface area contributed by atoms with Crippen LogP contribution in [0.5, 0.6) is 0 Å². The number of rotatable bonds is 4. The molecular weight excluding hydrogens is 340 g/mol. The highest BCUT2D eigenvalue weighted by Crippen LogP contribution is 2.11. The Balaban J connectivity index is 2.18. The van der Waals surface area contributed by atoms with Gasteiger partial charge in [0, 0.05) is 4.47 Å². The van der Waals surface area contributed by atoms with Crippen molar-refractivity contribution in [1.29, 1.82) is 0 Å². The van der Waals surface area contributed by atoms with Crippen LogP contribution >= 0.6 is 15.9 Å². The number of hydrogen-bond acceptors (Lipinski definition) is 3. The third kappa shape index (κ3) is 3.68. The Bertz CT molecular complexity index is 711. The normalized spacial score (nSPS) is 12.2. The van der Waals surface area contributed by atoms with Crippen LogP contribution in [0.1, 0.15) is 12.5 Å². The predicted octanol–water partition coefficient (Wildman–Crippen LogP) is 3.15. The summed E-state index contributed by atoms with van der Waals surface area (Å²) >= 11 is 3.34. The highest BCUT2D eigenvalue weighted by Gasteiger charge is 2.11. The number of nitrogens with one attached hydrogen (secondary N) is 1. The lowest BCUT2D eigenvalue weighted by molar-refractivity contribution is 0.584. The molecule has 0 heterocycles. The fraction of sp³-hybridized carbons (Fsp3) is 0.0714. The van der Waals surface area contributed by atoms with E-state index in [1.165, 1.54) is 12.1 Å². The molecule has 104 valence electrons. The van der Waals surface area contributed by atoms with Crippen molar-refractivity contribution < 1.29 is 8.42 Å². The van der Waals surface area contributed by atoms with Gasteiger partial charge in [0.15, 0.2) is 0 Å². The number of nitrogens with zero attached hydrogens (tertiary/aromatic N) is 1. The van der Waals surface area contributed by atoms with Gasteiger partial charge >= 0.3 is 0 Å². The van der Waals surface area contributed by atoms with E-state index in [2.05, 4.69) is 25.9 Å². The Labute approximate surface area is 126 Å². The van der Waals surface area contributed by atoms with Crippen LogP contribution in [0.3, 0.4) is 0 Å². The van der Waals surface area contributed by atoms with Crippen molar-refractivity contribution in [1.82, 2.24) is 4.83 Å². The van der Waals surface area contributed by atoms with Gasteiger partial charge in [-0.05, 0) is 36.8 Å². The molecule has 20 heavy (non-hydrogen) atoms. The van der Waals surface area contributed by atoms with Crippen LogP contribution in [0.15, 0.2) is 69.1 Å². The van der Waals surface area contributed by atoms with Crippen molar-refractivity contribution in [2.75, 3.05) is 0 Å². The summed E-state index contributed by atoms with van der Waals surface area (Å²) in [4.78, 5) is 2.42. The van der Waals surface area contributed by atoms with E-state index < -0.39 is 10.0 Å². The van der Waals surface area contributed by atoms with Crippen LogP contribution in [0.2, 0.25) is 0 Å². The first-order valence-electron chi connectivity index (χ1n) is 5.86. The van der Waals surface area contributed by atoms with Gasteiger partial charge in [0.2, 0.25) is 0 Å². The van der Waals surface area contributed by atoms with Crippen molar-refractivity contribution in [3.63, 3.8) is 0 Å². The largest absolute Gasteiger partial charge is 0.276 e. The molecule has 0 saturated carbocycles. The van der Waals surface area contributed by atoms with Crippen LogP contribution in [-0.2, 0) is 10.0 Å². The van der Waals surface area contributed by atoms with Gasteiger partial charge in [-0.25, -0.2) is 0 Å². The quantitative estimate of drug-likeness (QED) is 0.678. The Morgan fingerprint density at radius 3 is 2.25 bits per heavy atom. The number of sulfonamides is 1. The molecule has 0 fully saturated rings. The fourth-order valence-corrected chi connectivity index (χ4v) is 2.68. The summed E-state index contributed by atoms with van der Waals surface area (Å²) in [6.07, 6.45) is 0. The standard InChI is InChI=1S/C14H13BrN2O2S/c1-11(12-7-9-13(15)10-8-12)16-17-20(18,19)14-5-3-2-4-6-14/h2-10,17H,1H3/b16-11+. The summed E-state index contributed by atoms with van der Waals surface area (Å²) in [7, 11) is -3.62. The predicted molar refractivity (Wildman–Crippen MR) is 83.1 cm³/mol. The highest BCUT2D eigenvalue weighted by atomic mass is 79.9. The van der Waals surface area contributed by atoms with Gasteiger partial charge in [0.05, 0.1) is 10.6 Å². The van der Waals surface area contributed by atoms with Crippen LogP contribution in [0.4, 0.5) is 0 Å². The minimum atomic E-state index is -3.62. The lowest BCUT2D eigenvalue weighted by Crippen LogP contribution is -2.19. The second-order valence-electron chi connectivity index (χ2n) is 4.11. The topological polar surface area (TPSA) is 58.5 Å². The fourth-order valence-electron chi connectivity index (χ4n) is 1.54. The van der Waals surface area contributed by atoms with Crippen molar-refractivity contribution in [3.05, 3.63) is 64.6 Å². The number of halogens is 1. The third-order valence-corrected chi connectivity index (χ3v) is 4.40. The zero-order valence-electron chi connectivity index (χ0n) is 10.7. The molecule has 0 aliphatic rings. The van der Waals surface area contributed by atoms with Gasteiger partial charge < -0.3 is 0 Å². The molecule has 0 aliphatic heterocycles. The van der Waals surface area contributed by atoms with Crippen LogP contribution in [0, 0.1) is 0 Å². The van der Waals surface area contributed by atoms with Crippen LogP contribution < -0.4 is 4.83 Å². The molecule has 0 bridgehead atoms. The lowest BCUT2D eigenvalue weighted by Gasteiger charge is -2.05. The Kier molecular flexibility index (Phi) is 4.57. The maximum atomic E-state index is 12.0. The average Bonchev–Trinajstić information content (AvgIpc) is 2.46. The highest BCUT2D eigenvalue weighted by molar-refractivity contribution is 9.10. The molecule has 2 aromatic carbocycles. The van der Waals surface area contributed by atoms with Gasteiger partial charge in [-0.15, -0.1) is 0 Å². The number of hydrogen-bond donors (Lipinski definition) is 1. The molecule has 4 nitrogen and oxygen atoms in total. The first kappa shape index (κ1) is 14.7. The van der Waals surface area contributed by atoms with E-state index in [9.17, 15) is 8.42 Å². The molecule has 6 heteroatoms. The van der Waals surface area contributed by atoms with E-state index in [1.54, 1.807) is 25.1 Å². The monoisotopic (exact) mass is 352 g/mol. The molecule has 0 spiro atoms. The van der Waals surface area contributed by atoms with Crippen LogP contribution in [0.25, 0.3) is 0 Å². The van der Waals surface area contributed by atoms with E-state index in [0.717, 1.165) is 10.0 Å². The minimum Gasteiger partial charge on any atom is -0.200 e. The lowest BCUT2D eigenvalue weighted by atomic mass is 10.1. The van der Waals surface area contributed by atoms with E-state index in [1.807, 2.05) is 24.3 Å². The molecule has 2 rings (SSSR count). The Morgan fingerprint density at radius 2 is 1.65 bits per heavy atom. The van der Waals surface area contributed by atoms with Crippen LogP contribution in [-0.4, -0.2) is 14.1 Å². The van der Waals surface area contributed by atoms with Gasteiger partial charge in [-0.2, -0.15) is 18.4 Å². The first-order valence-corrected chi connectivity index (χ1v) is 8.14. The molecule has 0 unspecified atom stereocenters. The molecular formula is C14H13BrN2O2S. The van der Waals surface area contributed by atoms with Crippen molar-refractivity contribution in [2.45, 2.75) is 11.8 Å². The Morgan fingerprint density at radius 1 is 1.05 bits per heavy atom. The Hall–Kier alpha value is -1.66. The third-order valence-electron chi connectivity index (χ3n) is 2.65. The van der Waals surface area contributed by atoms with Crippen molar-refractivity contribution >= 4 is 31.7 Å². The second kappa shape index (κ2) is 6.19. The zero-order chi connectivity index (χ0) is 14.6. The SMILES string of the molecule is C/C(=N\NS(=O)(=O)c1ccccc1)c1ccc(Br)cc1. The molecule has 0 amide bonds. The van der Waals surface area contributed by atoms with Crippen molar-refractivity contribution in [2.24, 2.45) is 5.10 Å². The van der Waals surface area contributed by atoms with E-state index in [-0.39, 0.29) is 4.90 Å². The summed E-state index contributed by atoms with van der Waals surface area (Å²) in [5.74, 6) is 0. The zero-order valence-corrected chi connectivity index (χ0v) is 13.1. The van der Waals surface area contributed by atoms with Gasteiger partial charge in [-0.3, -0.25) is 0 Å². The number of hydrazone groups is 1. The molecule has 0 saturated heterocycles.